The monoisotopic (exact) mass is 409 g/mol. The number of amides is 1. The molecule has 0 spiro atoms. The Hall–Kier alpha value is -2.08. The van der Waals surface area contributed by atoms with Crippen LogP contribution >= 0.6 is 11.3 Å². The summed E-state index contributed by atoms with van der Waals surface area (Å²) < 4.78 is 0. The molecule has 0 radical (unpaired) electrons. The van der Waals surface area contributed by atoms with Crippen LogP contribution < -0.4 is 5.32 Å². The van der Waals surface area contributed by atoms with Crippen molar-refractivity contribution in [3.05, 3.63) is 40.3 Å². The molecular formula is C23H27N3O2S. The summed E-state index contributed by atoms with van der Waals surface area (Å²) in [6.07, 6.45) is 7.73. The van der Waals surface area contributed by atoms with Crippen molar-refractivity contribution in [2.45, 2.75) is 57.0 Å². The van der Waals surface area contributed by atoms with Gasteiger partial charge in [-0.05, 0) is 67.4 Å². The van der Waals surface area contributed by atoms with Crippen molar-refractivity contribution in [3.8, 4) is 5.88 Å². The minimum absolute atomic E-state index is 0.0253. The molecule has 4 fully saturated rings. The summed E-state index contributed by atoms with van der Waals surface area (Å²) in [5.74, 6) is 2.60. The third-order valence-corrected chi connectivity index (χ3v) is 8.78. The van der Waals surface area contributed by atoms with Crippen molar-refractivity contribution in [2.75, 3.05) is 11.9 Å². The molecule has 2 aromatic rings. The molecule has 5 nitrogen and oxygen atoms in total. The highest BCUT2D eigenvalue weighted by Gasteiger charge is 2.58. The Morgan fingerprint density at radius 1 is 1.21 bits per heavy atom. The third-order valence-electron chi connectivity index (χ3n) is 7.82. The summed E-state index contributed by atoms with van der Waals surface area (Å²) >= 11 is 1.46. The van der Waals surface area contributed by atoms with E-state index in [2.05, 4.69) is 28.5 Å². The van der Waals surface area contributed by atoms with Gasteiger partial charge in [0.2, 0.25) is 11.8 Å². The molecule has 4 bridgehead atoms. The first-order chi connectivity index (χ1) is 14.1. The molecule has 2 unspecified atom stereocenters. The van der Waals surface area contributed by atoms with Gasteiger partial charge in [-0.3, -0.25) is 4.79 Å². The summed E-state index contributed by atoms with van der Waals surface area (Å²) in [4.78, 5) is 19.9. The predicted molar refractivity (Wildman–Crippen MR) is 113 cm³/mol. The zero-order valence-corrected chi connectivity index (χ0v) is 17.4. The molecule has 7 rings (SSSR count). The van der Waals surface area contributed by atoms with Gasteiger partial charge in [0.25, 0.3) is 0 Å². The van der Waals surface area contributed by atoms with E-state index in [0.717, 1.165) is 35.9 Å². The average molecular weight is 410 g/mol. The van der Waals surface area contributed by atoms with Crippen molar-refractivity contribution in [1.29, 1.82) is 0 Å². The van der Waals surface area contributed by atoms with E-state index in [1.165, 1.54) is 54.6 Å². The van der Waals surface area contributed by atoms with Crippen LogP contribution in [0.25, 0.3) is 0 Å². The van der Waals surface area contributed by atoms with Crippen LogP contribution in [-0.4, -0.2) is 33.0 Å². The summed E-state index contributed by atoms with van der Waals surface area (Å²) in [6, 6.07) is 8.34. The highest BCUT2D eigenvalue weighted by atomic mass is 32.1. The number of aromatic nitrogens is 1. The van der Waals surface area contributed by atoms with Crippen molar-refractivity contribution >= 4 is 22.4 Å². The third kappa shape index (κ3) is 2.95. The number of hydrogen-bond acceptors (Lipinski definition) is 5. The number of fused-ring (bicyclic) bond motifs is 1. The lowest BCUT2D eigenvalue weighted by atomic mass is 9.80. The summed E-state index contributed by atoms with van der Waals surface area (Å²) in [6.45, 7) is 1.40. The molecule has 29 heavy (non-hydrogen) atoms. The lowest BCUT2D eigenvalue weighted by molar-refractivity contribution is -0.131. The topological polar surface area (TPSA) is 65.5 Å². The van der Waals surface area contributed by atoms with Crippen LogP contribution in [-0.2, 0) is 24.2 Å². The number of anilines is 1. The molecule has 0 saturated heterocycles. The normalized spacial score (nSPS) is 31.9. The molecule has 1 amide bonds. The van der Waals surface area contributed by atoms with Crippen molar-refractivity contribution < 1.29 is 9.90 Å². The molecule has 2 heterocycles. The van der Waals surface area contributed by atoms with E-state index in [1.807, 2.05) is 11.0 Å². The van der Waals surface area contributed by atoms with Gasteiger partial charge in [0.05, 0.1) is 11.3 Å². The molecule has 1 aromatic heterocycles. The maximum Gasteiger partial charge on any atom is 0.228 e. The number of aromatic hydroxyl groups is 1. The second-order valence-corrected chi connectivity index (χ2v) is 10.7. The smallest absolute Gasteiger partial charge is 0.228 e. The second kappa shape index (κ2) is 6.46. The Balaban J connectivity index is 1.15. The fourth-order valence-electron chi connectivity index (χ4n) is 6.68. The Morgan fingerprint density at radius 2 is 1.97 bits per heavy atom. The minimum Gasteiger partial charge on any atom is -0.492 e. The highest BCUT2D eigenvalue weighted by molar-refractivity contribution is 7.16. The van der Waals surface area contributed by atoms with Crippen LogP contribution in [0.1, 0.15) is 48.1 Å². The van der Waals surface area contributed by atoms with E-state index in [1.54, 1.807) is 0 Å². The van der Waals surface area contributed by atoms with Gasteiger partial charge in [-0.25, -0.2) is 0 Å². The molecule has 2 atom stereocenters. The molecule has 6 heteroatoms. The van der Waals surface area contributed by atoms with E-state index >= 15 is 0 Å². The molecule has 1 aliphatic heterocycles. The number of hydrogen-bond donors (Lipinski definition) is 2. The number of rotatable bonds is 4. The molecule has 4 saturated carbocycles. The Labute approximate surface area is 175 Å². The van der Waals surface area contributed by atoms with Crippen LogP contribution in [0.4, 0.5) is 5.13 Å². The van der Waals surface area contributed by atoms with Crippen molar-refractivity contribution in [1.82, 2.24) is 9.88 Å². The first-order valence-corrected chi connectivity index (χ1v) is 11.7. The van der Waals surface area contributed by atoms with Crippen LogP contribution in [0.2, 0.25) is 0 Å². The van der Waals surface area contributed by atoms with E-state index in [-0.39, 0.29) is 23.7 Å². The SMILES string of the molecule is O=C(Cc1sc(NC23CC4CC(CC2C4)C3)nc1O)N1CCc2ccccc2C1. The van der Waals surface area contributed by atoms with Gasteiger partial charge >= 0.3 is 0 Å². The zero-order chi connectivity index (χ0) is 19.6. The maximum atomic E-state index is 12.9. The first kappa shape index (κ1) is 17.8. The predicted octanol–water partition coefficient (Wildman–Crippen LogP) is 3.97. The van der Waals surface area contributed by atoms with Crippen molar-refractivity contribution in [2.24, 2.45) is 17.8 Å². The largest absolute Gasteiger partial charge is 0.492 e. The molecule has 5 aliphatic rings. The van der Waals surface area contributed by atoms with Gasteiger partial charge in [-0.15, -0.1) is 0 Å². The van der Waals surface area contributed by atoms with Crippen LogP contribution in [0.3, 0.4) is 0 Å². The molecule has 2 N–H and O–H groups in total. The Kier molecular flexibility index (Phi) is 3.95. The van der Waals surface area contributed by atoms with Crippen LogP contribution in [0, 0.1) is 17.8 Å². The summed E-state index contributed by atoms with van der Waals surface area (Å²) in [5.41, 5.74) is 2.76. The van der Waals surface area contributed by atoms with Gasteiger partial charge in [0, 0.05) is 18.6 Å². The minimum atomic E-state index is 0.0253. The quantitative estimate of drug-likeness (QED) is 0.802. The van der Waals surface area contributed by atoms with Gasteiger partial charge in [0.1, 0.15) is 0 Å². The van der Waals surface area contributed by atoms with E-state index in [4.69, 9.17) is 0 Å². The van der Waals surface area contributed by atoms with Gasteiger partial charge in [-0.1, -0.05) is 35.6 Å². The summed E-state index contributed by atoms with van der Waals surface area (Å²) in [5, 5.41) is 14.9. The fourth-order valence-corrected chi connectivity index (χ4v) is 7.64. The molecule has 4 aliphatic carbocycles. The van der Waals surface area contributed by atoms with Crippen LogP contribution in [0.15, 0.2) is 24.3 Å². The van der Waals surface area contributed by atoms with E-state index in [9.17, 15) is 9.90 Å². The van der Waals surface area contributed by atoms with Gasteiger partial charge in [0.15, 0.2) is 5.13 Å². The second-order valence-electron chi connectivity index (χ2n) is 9.60. The summed E-state index contributed by atoms with van der Waals surface area (Å²) in [7, 11) is 0. The van der Waals surface area contributed by atoms with Gasteiger partial charge in [-0.2, -0.15) is 4.98 Å². The molecule has 152 valence electrons. The number of benzene rings is 1. The van der Waals surface area contributed by atoms with Gasteiger partial charge < -0.3 is 15.3 Å². The first-order valence-electron chi connectivity index (χ1n) is 10.9. The molecule has 1 aromatic carbocycles. The number of thiazole rings is 1. The lowest BCUT2D eigenvalue weighted by Gasteiger charge is -2.33. The highest BCUT2D eigenvalue weighted by Crippen LogP contribution is 2.61. The van der Waals surface area contributed by atoms with E-state index < -0.39 is 0 Å². The lowest BCUT2D eigenvalue weighted by Crippen LogP contribution is -2.39. The fraction of sp³-hybridized carbons (Fsp3) is 0.565. The average Bonchev–Trinajstić information content (AvgIpc) is 3.25. The molecular weight excluding hydrogens is 382 g/mol. The number of nitrogens with zero attached hydrogens (tertiary/aromatic N) is 2. The number of nitrogens with one attached hydrogen (secondary N) is 1. The van der Waals surface area contributed by atoms with E-state index in [0.29, 0.717) is 11.4 Å². The number of carbonyl (C=O) groups is 1. The Morgan fingerprint density at radius 3 is 2.76 bits per heavy atom. The zero-order valence-electron chi connectivity index (χ0n) is 16.6. The Bertz CT molecular complexity index is 957. The van der Waals surface area contributed by atoms with Crippen LogP contribution in [0.5, 0.6) is 5.88 Å². The maximum absolute atomic E-state index is 12.9. The standard InChI is InChI=1S/C23H27N3O2S/c27-20(26-6-5-16-3-1-2-4-17(16)13-26)10-19-21(28)24-22(29-19)25-23-11-14-7-15(12-23)9-18(23)8-14/h1-4,14-15,18,28H,5-13H2,(H,24,25). The number of carbonyl (C=O) groups excluding carboxylic acids is 1. The van der Waals surface area contributed by atoms with Crippen molar-refractivity contribution in [3.63, 3.8) is 0 Å².